The summed E-state index contributed by atoms with van der Waals surface area (Å²) in [7, 11) is 0. The molecule has 0 aliphatic carbocycles. The third-order valence-corrected chi connectivity index (χ3v) is 2.41. The normalized spacial score (nSPS) is 23.9. The molecule has 0 radical (unpaired) electrons. The van der Waals surface area contributed by atoms with Crippen molar-refractivity contribution >= 4 is 5.97 Å². The van der Waals surface area contributed by atoms with Crippen LogP contribution in [-0.4, -0.2) is 30.7 Å². The number of hydrogen-bond acceptors (Lipinski definition) is 4. The van der Waals surface area contributed by atoms with E-state index < -0.39 is 5.41 Å². The summed E-state index contributed by atoms with van der Waals surface area (Å²) in [6, 6.07) is 0. The number of nitrogens with zero attached hydrogens (tertiary/aromatic N) is 1. The van der Waals surface area contributed by atoms with Gasteiger partial charge in [-0.1, -0.05) is 0 Å². The fraction of sp³-hybridized carbons (Fsp3) is 0.900. The highest BCUT2D eigenvalue weighted by Gasteiger charge is 2.29. The van der Waals surface area contributed by atoms with Gasteiger partial charge < -0.3 is 10.6 Å². The first-order valence-corrected chi connectivity index (χ1v) is 5.11. The van der Waals surface area contributed by atoms with Crippen LogP contribution in [-0.2, 0) is 9.63 Å². The van der Waals surface area contributed by atoms with Crippen molar-refractivity contribution in [1.82, 2.24) is 5.06 Å². The highest BCUT2D eigenvalue weighted by Crippen LogP contribution is 2.20. The molecule has 1 heterocycles. The molecule has 0 bridgehead atoms. The van der Waals surface area contributed by atoms with Crippen LogP contribution in [0.25, 0.3) is 0 Å². The first-order valence-electron chi connectivity index (χ1n) is 5.11. The van der Waals surface area contributed by atoms with E-state index in [4.69, 9.17) is 10.6 Å². The first kappa shape index (κ1) is 11.5. The highest BCUT2D eigenvalue weighted by atomic mass is 16.7. The van der Waals surface area contributed by atoms with Crippen molar-refractivity contribution in [2.24, 2.45) is 17.1 Å². The van der Waals surface area contributed by atoms with E-state index in [0.717, 1.165) is 19.5 Å². The number of hydroxylamine groups is 2. The van der Waals surface area contributed by atoms with Crippen LogP contribution in [0.2, 0.25) is 0 Å². The third kappa shape index (κ3) is 2.96. The zero-order valence-corrected chi connectivity index (χ0v) is 9.25. The second-order valence-corrected chi connectivity index (χ2v) is 4.91. The average Bonchev–Trinajstić information content (AvgIpc) is 2.50. The van der Waals surface area contributed by atoms with Gasteiger partial charge in [0.05, 0.1) is 5.41 Å². The average molecular weight is 200 g/mol. The summed E-state index contributed by atoms with van der Waals surface area (Å²) in [5, 5.41) is 1.73. The molecule has 1 rings (SSSR count). The van der Waals surface area contributed by atoms with Crippen LogP contribution in [0.15, 0.2) is 0 Å². The molecule has 82 valence electrons. The standard InChI is InChI=1S/C10H20N2O2/c1-10(2,3)9(13)14-12-5-4-8(6-11)7-12/h8H,4-7,11H2,1-3H3. The number of nitrogens with two attached hydrogens (primary N) is 1. The topological polar surface area (TPSA) is 55.6 Å². The van der Waals surface area contributed by atoms with E-state index in [1.54, 1.807) is 5.06 Å². The van der Waals surface area contributed by atoms with Crippen LogP contribution in [0, 0.1) is 11.3 Å². The molecular formula is C10H20N2O2. The van der Waals surface area contributed by atoms with Gasteiger partial charge in [-0.3, -0.25) is 0 Å². The van der Waals surface area contributed by atoms with Crippen molar-refractivity contribution in [3.05, 3.63) is 0 Å². The zero-order valence-electron chi connectivity index (χ0n) is 9.25. The minimum absolute atomic E-state index is 0.171. The van der Waals surface area contributed by atoms with Crippen LogP contribution in [0.4, 0.5) is 0 Å². The van der Waals surface area contributed by atoms with Crippen LogP contribution < -0.4 is 5.73 Å². The summed E-state index contributed by atoms with van der Waals surface area (Å²) >= 11 is 0. The summed E-state index contributed by atoms with van der Waals surface area (Å²) in [5.41, 5.74) is 5.12. The summed E-state index contributed by atoms with van der Waals surface area (Å²) in [4.78, 5) is 16.8. The summed E-state index contributed by atoms with van der Waals surface area (Å²) in [6.07, 6.45) is 1.02. The molecule has 2 N–H and O–H groups in total. The van der Waals surface area contributed by atoms with Crippen molar-refractivity contribution in [3.63, 3.8) is 0 Å². The van der Waals surface area contributed by atoms with Crippen molar-refractivity contribution in [1.29, 1.82) is 0 Å². The van der Waals surface area contributed by atoms with Gasteiger partial charge in [-0.15, -0.1) is 5.06 Å². The Balaban J connectivity index is 2.36. The van der Waals surface area contributed by atoms with E-state index in [-0.39, 0.29) is 5.97 Å². The van der Waals surface area contributed by atoms with Gasteiger partial charge in [0.1, 0.15) is 0 Å². The minimum Gasteiger partial charge on any atom is -0.367 e. The fourth-order valence-electron chi connectivity index (χ4n) is 1.33. The van der Waals surface area contributed by atoms with Crippen LogP contribution in [0.1, 0.15) is 27.2 Å². The van der Waals surface area contributed by atoms with Gasteiger partial charge in [0.2, 0.25) is 0 Å². The first-order chi connectivity index (χ1) is 6.43. The van der Waals surface area contributed by atoms with E-state index in [2.05, 4.69) is 0 Å². The molecule has 4 heteroatoms. The molecule has 0 amide bonds. The molecule has 0 spiro atoms. The Morgan fingerprint density at radius 1 is 1.57 bits per heavy atom. The van der Waals surface area contributed by atoms with Crippen LogP contribution >= 0.6 is 0 Å². The highest BCUT2D eigenvalue weighted by molar-refractivity contribution is 5.75. The predicted molar refractivity (Wildman–Crippen MR) is 54.3 cm³/mol. The molecule has 1 unspecified atom stereocenters. The van der Waals surface area contributed by atoms with Gasteiger partial charge >= 0.3 is 5.97 Å². The number of rotatable bonds is 2. The molecule has 14 heavy (non-hydrogen) atoms. The maximum atomic E-state index is 11.5. The lowest BCUT2D eigenvalue weighted by Crippen LogP contribution is -2.32. The molecule has 0 aromatic heterocycles. The fourth-order valence-corrected chi connectivity index (χ4v) is 1.33. The predicted octanol–water partition coefficient (Wildman–Crippen LogP) is 0.771. The largest absolute Gasteiger partial charge is 0.367 e. The lowest BCUT2D eigenvalue weighted by Gasteiger charge is -2.21. The Morgan fingerprint density at radius 2 is 2.21 bits per heavy atom. The lowest BCUT2D eigenvalue weighted by molar-refractivity contribution is -0.195. The van der Waals surface area contributed by atoms with E-state index in [0.29, 0.717) is 12.5 Å². The van der Waals surface area contributed by atoms with E-state index in [9.17, 15) is 4.79 Å². The van der Waals surface area contributed by atoms with Gasteiger partial charge in [-0.25, -0.2) is 4.79 Å². The molecule has 0 aromatic rings. The Hall–Kier alpha value is -0.610. The second kappa shape index (κ2) is 4.28. The molecule has 1 atom stereocenters. The van der Waals surface area contributed by atoms with Gasteiger partial charge in [0.25, 0.3) is 0 Å². The van der Waals surface area contributed by atoms with Crippen molar-refractivity contribution < 1.29 is 9.63 Å². The maximum absolute atomic E-state index is 11.5. The maximum Gasteiger partial charge on any atom is 0.330 e. The quantitative estimate of drug-likeness (QED) is 0.715. The molecule has 1 aliphatic heterocycles. The van der Waals surface area contributed by atoms with Crippen molar-refractivity contribution in [2.75, 3.05) is 19.6 Å². The van der Waals surface area contributed by atoms with E-state index in [1.807, 2.05) is 20.8 Å². The third-order valence-electron chi connectivity index (χ3n) is 2.41. The summed E-state index contributed by atoms with van der Waals surface area (Å²) in [5.74, 6) is 0.304. The van der Waals surface area contributed by atoms with Gasteiger partial charge in [0.15, 0.2) is 0 Å². The minimum atomic E-state index is -0.430. The summed E-state index contributed by atoms with van der Waals surface area (Å²) < 4.78 is 0. The zero-order chi connectivity index (χ0) is 10.8. The van der Waals surface area contributed by atoms with Crippen LogP contribution in [0.3, 0.4) is 0 Å². The smallest absolute Gasteiger partial charge is 0.330 e. The second-order valence-electron chi connectivity index (χ2n) is 4.91. The Bertz CT molecular complexity index is 211. The van der Waals surface area contributed by atoms with Gasteiger partial charge in [0, 0.05) is 13.1 Å². The molecule has 1 aliphatic rings. The van der Waals surface area contributed by atoms with E-state index >= 15 is 0 Å². The molecule has 1 fully saturated rings. The Kier molecular flexibility index (Phi) is 3.50. The molecular weight excluding hydrogens is 180 g/mol. The van der Waals surface area contributed by atoms with Crippen molar-refractivity contribution in [2.45, 2.75) is 27.2 Å². The Labute approximate surface area is 85.3 Å². The van der Waals surface area contributed by atoms with Gasteiger partial charge in [-0.05, 0) is 39.7 Å². The number of carbonyl (C=O) groups is 1. The Morgan fingerprint density at radius 3 is 2.64 bits per heavy atom. The SMILES string of the molecule is CC(C)(C)C(=O)ON1CCC(CN)C1. The molecule has 4 nitrogen and oxygen atoms in total. The van der Waals surface area contributed by atoms with Gasteiger partial charge in [-0.2, -0.15) is 0 Å². The number of carbonyl (C=O) groups excluding carboxylic acids is 1. The monoisotopic (exact) mass is 200 g/mol. The molecule has 0 aromatic carbocycles. The summed E-state index contributed by atoms with van der Waals surface area (Å²) in [6.45, 7) is 7.81. The molecule has 0 saturated carbocycles. The van der Waals surface area contributed by atoms with Crippen LogP contribution in [0.5, 0.6) is 0 Å². The van der Waals surface area contributed by atoms with E-state index in [1.165, 1.54) is 0 Å². The molecule has 1 saturated heterocycles. The van der Waals surface area contributed by atoms with Crippen molar-refractivity contribution in [3.8, 4) is 0 Å². The number of hydrogen-bond donors (Lipinski definition) is 1. The lowest BCUT2D eigenvalue weighted by atomic mass is 9.98.